The first-order valence-electron chi connectivity index (χ1n) is 9.43. The summed E-state index contributed by atoms with van der Waals surface area (Å²) in [5, 5.41) is 17.1. The summed E-state index contributed by atoms with van der Waals surface area (Å²) < 4.78 is 32.6. The van der Waals surface area contributed by atoms with E-state index in [1.165, 1.54) is 16.4 Å². The fraction of sp³-hybridized carbons (Fsp3) is 0.316. The van der Waals surface area contributed by atoms with Crippen LogP contribution >= 0.6 is 11.6 Å². The van der Waals surface area contributed by atoms with Crippen LogP contribution in [0.15, 0.2) is 47.4 Å². The molecule has 1 aliphatic heterocycles. The van der Waals surface area contributed by atoms with Gasteiger partial charge in [0.25, 0.3) is 11.6 Å². The second kappa shape index (κ2) is 10.1. The number of nitro benzene ring substituents is 1. The molecule has 12 heteroatoms. The molecule has 1 heterocycles. The molecule has 1 fully saturated rings. The van der Waals surface area contributed by atoms with E-state index < -0.39 is 14.9 Å². The van der Waals surface area contributed by atoms with Gasteiger partial charge in [0.05, 0.1) is 34.4 Å². The number of ether oxygens (including phenoxy) is 1. The van der Waals surface area contributed by atoms with Crippen LogP contribution in [0, 0.1) is 10.1 Å². The average molecular weight is 469 g/mol. The number of halogens is 1. The number of anilines is 1. The van der Waals surface area contributed by atoms with Gasteiger partial charge in [-0.25, -0.2) is 8.42 Å². The summed E-state index contributed by atoms with van der Waals surface area (Å²) in [5.41, 5.74) is 0.212. The molecule has 0 saturated carbocycles. The van der Waals surface area contributed by atoms with E-state index in [9.17, 15) is 23.3 Å². The number of nitrogens with one attached hydrogen (secondary N) is 2. The fourth-order valence-corrected chi connectivity index (χ4v) is 4.84. The molecule has 0 atom stereocenters. The Kier molecular flexibility index (Phi) is 7.44. The van der Waals surface area contributed by atoms with E-state index in [1.54, 1.807) is 24.3 Å². The molecule has 166 valence electrons. The Morgan fingerprint density at radius 2 is 1.87 bits per heavy atom. The standard InChI is InChI=1S/C19H21ClN4O6S/c20-16-4-2-1-3-15(16)19(25)22-8-7-21-17-6-5-14(24(26)27)13-18(17)31(28,29)23-9-11-30-12-10-23/h1-6,13,21H,7-12H2,(H,22,25). The quantitative estimate of drug-likeness (QED) is 0.344. The third kappa shape index (κ3) is 5.50. The molecule has 0 aromatic heterocycles. The molecule has 1 amide bonds. The van der Waals surface area contributed by atoms with Gasteiger partial charge in [0.2, 0.25) is 10.0 Å². The number of carbonyl (C=O) groups excluding carboxylic acids is 1. The summed E-state index contributed by atoms with van der Waals surface area (Å²) in [6.07, 6.45) is 0. The molecule has 10 nitrogen and oxygen atoms in total. The van der Waals surface area contributed by atoms with Crippen molar-refractivity contribution in [3.8, 4) is 0 Å². The van der Waals surface area contributed by atoms with Crippen molar-refractivity contribution >= 4 is 38.9 Å². The predicted molar refractivity (Wildman–Crippen MR) is 115 cm³/mol. The van der Waals surface area contributed by atoms with Crippen LogP contribution in [0.4, 0.5) is 11.4 Å². The third-order valence-electron chi connectivity index (χ3n) is 4.61. The molecule has 0 radical (unpaired) electrons. The van der Waals surface area contributed by atoms with E-state index in [2.05, 4.69) is 10.6 Å². The van der Waals surface area contributed by atoms with E-state index >= 15 is 0 Å². The van der Waals surface area contributed by atoms with Crippen molar-refractivity contribution in [1.29, 1.82) is 0 Å². The van der Waals surface area contributed by atoms with Gasteiger partial charge < -0.3 is 15.4 Å². The molecule has 2 aromatic rings. The first-order chi connectivity index (χ1) is 14.8. The Labute approximate surface area is 184 Å². The largest absolute Gasteiger partial charge is 0.382 e. The molecule has 3 rings (SSSR count). The number of carbonyl (C=O) groups is 1. The Morgan fingerprint density at radius 3 is 2.55 bits per heavy atom. The highest BCUT2D eigenvalue weighted by molar-refractivity contribution is 7.89. The lowest BCUT2D eigenvalue weighted by Crippen LogP contribution is -2.41. The van der Waals surface area contributed by atoms with Crippen LogP contribution in [0.1, 0.15) is 10.4 Å². The highest BCUT2D eigenvalue weighted by atomic mass is 35.5. The minimum absolute atomic E-state index is 0.165. The lowest BCUT2D eigenvalue weighted by atomic mass is 10.2. The topological polar surface area (TPSA) is 131 Å². The van der Waals surface area contributed by atoms with Crippen molar-refractivity contribution in [1.82, 2.24) is 9.62 Å². The van der Waals surface area contributed by atoms with Gasteiger partial charge in [0.1, 0.15) is 4.90 Å². The number of non-ortho nitro benzene ring substituents is 1. The van der Waals surface area contributed by atoms with E-state index in [4.69, 9.17) is 16.3 Å². The summed E-state index contributed by atoms with van der Waals surface area (Å²) in [6.45, 7) is 1.21. The Bertz CT molecular complexity index is 1070. The van der Waals surface area contributed by atoms with Crippen LogP contribution in [0.2, 0.25) is 5.02 Å². The highest BCUT2D eigenvalue weighted by Gasteiger charge is 2.30. The van der Waals surface area contributed by atoms with Crippen LogP contribution < -0.4 is 10.6 Å². The van der Waals surface area contributed by atoms with Crippen molar-refractivity contribution in [2.75, 3.05) is 44.7 Å². The lowest BCUT2D eigenvalue weighted by molar-refractivity contribution is -0.385. The maximum atomic E-state index is 13.1. The Morgan fingerprint density at radius 1 is 1.16 bits per heavy atom. The monoisotopic (exact) mass is 468 g/mol. The van der Waals surface area contributed by atoms with Crippen LogP contribution in [0.5, 0.6) is 0 Å². The van der Waals surface area contributed by atoms with Crippen molar-refractivity contribution < 1.29 is 22.9 Å². The molecule has 31 heavy (non-hydrogen) atoms. The number of hydrogen-bond donors (Lipinski definition) is 2. The number of morpholine rings is 1. The summed E-state index contributed by atoms with van der Waals surface area (Å²) in [7, 11) is -3.97. The molecule has 0 aliphatic carbocycles. The van der Waals surface area contributed by atoms with Gasteiger partial charge in [0.15, 0.2) is 0 Å². The number of nitro groups is 1. The molecule has 1 saturated heterocycles. The minimum Gasteiger partial charge on any atom is -0.382 e. The van der Waals surface area contributed by atoms with Gasteiger partial charge in [-0.2, -0.15) is 4.31 Å². The second-order valence-electron chi connectivity index (χ2n) is 6.62. The zero-order valence-corrected chi connectivity index (χ0v) is 18.0. The zero-order valence-electron chi connectivity index (χ0n) is 16.4. The summed E-state index contributed by atoms with van der Waals surface area (Å²) in [5.74, 6) is -0.364. The molecule has 2 aromatic carbocycles. The van der Waals surface area contributed by atoms with Crippen molar-refractivity contribution in [2.45, 2.75) is 4.90 Å². The maximum absolute atomic E-state index is 13.1. The molecule has 0 bridgehead atoms. The number of amides is 1. The van der Waals surface area contributed by atoms with Gasteiger partial charge in [-0.15, -0.1) is 0 Å². The maximum Gasteiger partial charge on any atom is 0.270 e. The summed E-state index contributed by atoms with van der Waals surface area (Å²) in [6, 6.07) is 10.2. The van der Waals surface area contributed by atoms with Crippen LogP contribution in [0.25, 0.3) is 0 Å². The number of benzene rings is 2. The summed E-state index contributed by atoms with van der Waals surface area (Å²) >= 11 is 6.00. The molecule has 2 N–H and O–H groups in total. The van der Waals surface area contributed by atoms with Gasteiger partial charge in [-0.1, -0.05) is 23.7 Å². The molecule has 0 spiro atoms. The van der Waals surface area contributed by atoms with Crippen molar-refractivity contribution in [3.05, 3.63) is 63.2 Å². The first kappa shape index (κ1) is 22.9. The van der Waals surface area contributed by atoms with Crippen LogP contribution in [-0.4, -0.2) is 62.9 Å². The smallest absolute Gasteiger partial charge is 0.270 e. The van der Waals surface area contributed by atoms with Gasteiger partial charge in [0, 0.05) is 38.3 Å². The van der Waals surface area contributed by atoms with Crippen molar-refractivity contribution in [3.63, 3.8) is 0 Å². The number of sulfonamides is 1. The van der Waals surface area contributed by atoms with E-state index in [-0.39, 0.29) is 61.6 Å². The summed E-state index contributed by atoms with van der Waals surface area (Å²) in [4.78, 5) is 22.5. The first-order valence-corrected chi connectivity index (χ1v) is 11.3. The van der Waals surface area contributed by atoms with Gasteiger partial charge in [-0.3, -0.25) is 14.9 Å². The number of nitrogens with zero attached hydrogens (tertiary/aromatic N) is 2. The van der Waals surface area contributed by atoms with Crippen LogP contribution in [0.3, 0.4) is 0 Å². The molecule has 0 unspecified atom stereocenters. The second-order valence-corrected chi connectivity index (χ2v) is 8.93. The van der Waals surface area contributed by atoms with E-state index in [0.717, 1.165) is 6.07 Å². The van der Waals surface area contributed by atoms with E-state index in [1.807, 2.05) is 0 Å². The number of rotatable bonds is 8. The van der Waals surface area contributed by atoms with Gasteiger partial charge >= 0.3 is 0 Å². The Hall–Kier alpha value is -2.73. The fourth-order valence-electron chi connectivity index (χ4n) is 3.02. The lowest BCUT2D eigenvalue weighted by Gasteiger charge is -2.27. The zero-order chi connectivity index (χ0) is 22.4. The molecular weight excluding hydrogens is 448 g/mol. The van der Waals surface area contributed by atoms with Gasteiger partial charge in [-0.05, 0) is 18.2 Å². The SMILES string of the molecule is O=C(NCCNc1ccc([N+](=O)[O-])cc1S(=O)(=O)N1CCOCC1)c1ccccc1Cl. The van der Waals surface area contributed by atoms with Crippen molar-refractivity contribution in [2.24, 2.45) is 0 Å². The molecule has 1 aliphatic rings. The number of hydrogen-bond acceptors (Lipinski definition) is 7. The average Bonchev–Trinajstić information content (AvgIpc) is 2.77. The molecular formula is C19H21ClN4O6S. The van der Waals surface area contributed by atoms with Crippen LogP contribution in [-0.2, 0) is 14.8 Å². The third-order valence-corrected chi connectivity index (χ3v) is 6.88. The Balaban J connectivity index is 1.72. The van der Waals surface area contributed by atoms with E-state index in [0.29, 0.717) is 10.6 Å². The normalized spacial score (nSPS) is 14.7. The highest BCUT2D eigenvalue weighted by Crippen LogP contribution is 2.29. The predicted octanol–water partition coefficient (Wildman–Crippen LogP) is 2.11. The minimum atomic E-state index is -3.97.